The van der Waals surface area contributed by atoms with Crippen LogP contribution in [0.25, 0.3) is 0 Å². The number of fused-ring (bicyclic) bond motifs is 1. The van der Waals surface area contributed by atoms with E-state index in [4.69, 9.17) is 14.5 Å². The predicted octanol–water partition coefficient (Wildman–Crippen LogP) is 2.73. The molecule has 3 N–H and O–H groups in total. The van der Waals surface area contributed by atoms with Gasteiger partial charge in [0.25, 0.3) is 5.91 Å². The first-order valence-electron chi connectivity index (χ1n) is 13.0. The van der Waals surface area contributed by atoms with E-state index >= 15 is 0 Å². The summed E-state index contributed by atoms with van der Waals surface area (Å²) in [7, 11) is 2.89. The Morgan fingerprint density at radius 2 is 2.03 bits per heavy atom. The monoisotopic (exact) mass is 531 g/mol. The summed E-state index contributed by atoms with van der Waals surface area (Å²) >= 11 is 0. The van der Waals surface area contributed by atoms with Crippen molar-refractivity contribution in [1.82, 2.24) is 20.2 Å². The fourth-order valence-electron chi connectivity index (χ4n) is 4.37. The van der Waals surface area contributed by atoms with E-state index in [0.717, 1.165) is 50.2 Å². The SMILES string of the molecule is COc1cccc(C(=O)NC(CCN(CCCCc2ccc3c(n2)NCCC3)CC(CF)OC)C(=O)O)n1. The first kappa shape index (κ1) is 29.2. The van der Waals surface area contributed by atoms with E-state index in [9.17, 15) is 19.1 Å². The molecule has 1 aliphatic rings. The lowest BCUT2D eigenvalue weighted by molar-refractivity contribution is -0.139. The van der Waals surface area contributed by atoms with Crippen molar-refractivity contribution < 1.29 is 28.6 Å². The molecule has 10 nitrogen and oxygen atoms in total. The number of aromatic nitrogens is 2. The summed E-state index contributed by atoms with van der Waals surface area (Å²) in [6.07, 6.45) is 4.24. The van der Waals surface area contributed by atoms with Gasteiger partial charge in [0.05, 0.1) is 13.2 Å². The molecule has 3 rings (SSSR count). The summed E-state index contributed by atoms with van der Waals surface area (Å²) in [5.74, 6) is -0.517. The molecule has 0 bridgehead atoms. The highest BCUT2D eigenvalue weighted by atomic mass is 19.1. The second-order valence-corrected chi connectivity index (χ2v) is 9.33. The molecule has 208 valence electrons. The molecule has 3 heterocycles. The third-order valence-corrected chi connectivity index (χ3v) is 6.58. The number of nitrogens with one attached hydrogen (secondary N) is 2. The van der Waals surface area contributed by atoms with Crippen LogP contribution < -0.4 is 15.4 Å². The smallest absolute Gasteiger partial charge is 0.326 e. The summed E-state index contributed by atoms with van der Waals surface area (Å²) in [6.45, 7) is 1.62. The average molecular weight is 532 g/mol. The van der Waals surface area contributed by atoms with E-state index in [1.807, 2.05) is 4.90 Å². The lowest BCUT2D eigenvalue weighted by atomic mass is 10.1. The number of halogens is 1. The number of methoxy groups -OCH3 is 2. The number of anilines is 1. The maximum absolute atomic E-state index is 13.4. The molecule has 11 heteroatoms. The number of amides is 1. The number of unbranched alkanes of at least 4 members (excludes halogenated alkanes) is 1. The third-order valence-electron chi connectivity index (χ3n) is 6.58. The number of carbonyl (C=O) groups is 2. The number of hydrogen-bond donors (Lipinski definition) is 3. The largest absolute Gasteiger partial charge is 0.481 e. The van der Waals surface area contributed by atoms with E-state index in [1.54, 1.807) is 12.1 Å². The van der Waals surface area contributed by atoms with Gasteiger partial charge in [-0.3, -0.25) is 4.79 Å². The molecule has 0 radical (unpaired) electrons. The quantitative estimate of drug-likeness (QED) is 0.280. The summed E-state index contributed by atoms with van der Waals surface area (Å²) in [5, 5.41) is 15.6. The molecule has 2 atom stereocenters. The van der Waals surface area contributed by atoms with Crippen LogP contribution in [0, 0.1) is 0 Å². The lowest BCUT2D eigenvalue weighted by Crippen LogP contribution is -2.44. The summed E-state index contributed by atoms with van der Waals surface area (Å²) in [6, 6.07) is 7.78. The average Bonchev–Trinajstić information content (AvgIpc) is 2.95. The zero-order chi connectivity index (χ0) is 27.3. The van der Waals surface area contributed by atoms with Crippen LogP contribution in [0.4, 0.5) is 10.2 Å². The number of hydrogen-bond acceptors (Lipinski definition) is 8. The zero-order valence-corrected chi connectivity index (χ0v) is 22.1. The fraction of sp³-hybridized carbons (Fsp3) is 0.556. The Morgan fingerprint density at radius 3 is 2.76 bits per heavy atom. The summed E-state index contributed by atoms with van der Waals surface area (Å²) in [4.78, 5) is 35.2. The maximum atomic E-state index is 13.4. The van der Waals surface area contributed by atoms with Gasteiger partial charge in [-0.1, -0.05) is 12.1 Å². The normalized spacial score (nSPS) is 14.3. The number of carbonyl (C=O) groups excluding carboxylic acids is 1. The van der Waals surface area contributed by atoms with Gasteiger partial charge in [0.15, 0.2) is 0 Å². The highest BCUT2D eigenvalue weighted by Crippen LogP contribution is 2.20. The van der Waals surface area contributed by atoms with Crippen LogP contribution in [0.3, 0.4) is 0 Å². The Morgan fingerprint density at radius 1 is 1.18 bits per heavy atom. The second-order valence-electron chi connectivity index (χ2n) is 9.33. The molecule has 0 aliphatic carbocycles. The third kappa shape index (κ3) is 8.91. The van der Waals surface area contributed by atoms with Crippen molar-refractivity contribution >= 4 is 17.7 Å². The Hall–Kier alpha value is -3.31. The molecule has 0 spiro atoms. The molecule has 0 saturated heterocycles. The van der Waals surface area contributed by atoms with Crippen LogP contribution >= 0.6 is 0 Å². The number of pyridine rings is 2. The van der Waals surface area contributed by atoms with Crippen molar-refractivity contribution in [3.05, 3.63) is 47.3 Å². The summed E-state index contributed by atoms with van der Waals surface area (Å²) < 4.78 is 23.6. The Balaban J connectivity index is 1.54. The standard InChI is InChI=1S/C27H38FN5O5/c1-37-21(17-28)18-33(15-4-3-8-20-12-11-19-7-6-14-29-25(19)30-20)16-13-23(27(35)36)32-26(34)22-9-5-10-24(31-22)38-2/h5,9-12,21,23H,3-4,6-8,13-18H2,1-2H3,(H,29,30)(H,32,34)(H,35,36). The predicted molar refractivity (Wildman–Crippen MR) is 141 cm³/mol. The topological polar surface area (TPSA) is 126 Å². The number of alkyl halides is 1. The number of aliphatic carboxylic acids is 1. The van der Waals surface area contributed by atoms with E-state index in [2.05, 4.69) is 27.8 Å². The number of ether oxygens (including phenoxy) is 2. The number of nitrogens with zero attached hydrogens (tertiary/aromatic N) is 3. The van der Waals surface area contributed by atoms with Gasteiger partial charge < -0.3 is 30.1 Å². The van der Waals surface area contributed by atoms with E-state index < -0.39 is 30.7 Å². The minimum atomic E-state index is -1.15. The van der Waals surface area contributed by atoms with Crippen molar-refractivity contribution in [2.45, 2.75) is 50.7 Å². The van der Waals surface area contributed by atoms with Crippen molar-refractivity contribution in [3.63, 3.8) is 0 Å². The first-order valence-corrected chi connectivity index (χ1v) is 13.0. The molecule has 1 amide bonds. The van der Waals surface area contributed by atoms with Crippen LogP contribution in [0.2, 0.25) is 0 Å². The van der Waals surface area contributed by atoms with Gasteiger partial charge in [-0.05, 0) is 62.8 Å². The molecule has 2 aromatic rings. The van der Waals surface area contributed by atoms with Gasteiger partial charge in [0, 0.05) is 38.5 Å². The molecule has 0 saturated carbocycles. The first-order chi connectivity index (χ1) is 18.4. The maximum Gasteiger partial charge on any atom is 0.326 e. The molecular formula is C27H38FN5O5. The number of carboxylic acid groups (broad SMARTS) is 1. The van der Waals surface area contributed by atoms with E-state index in [0.29, 0.717) is 19.6 Å². The Bertz CT molecular complexity index is 1050. The van der Waals surface area contributed by atoms with Crippen molar-refractivity contribution in [1.29, 1.82) is 0 Å². The van der Waals surface area contributed by atoms with Gasteiger partial charge in [-0.25, -0.2) is 19.2 Å². The molecule has 2 unspecified atom stereocenters. The summed E-state index contributed by atoms with van der Waals surface area (Å²) in [5.41, 5.74) is 2.35. The van der Waals surface area contributed by atoms with Gasteiger partial charge >= 0.3 is 5.97 Å². The molecule has 38 heavy (non-hydrogen) atoms. The van der Waals surface area contributed by atoms with Crippen molar-refractivity contribution in [2.75, 3.05) is 52.4 Å². The van der Waals surface area contributed by atoms with Crippen LogP contribution in [-0.2, 0) is 22.4 Å². The minimum Gasteiger partial charge on any atom is -0.481 e. The van der Waals surface area contributed by atoms with Crippen LogP contribution in [0.1, 0.15) is 47.4 Å². The van der Waals surface area contributed by atoms with E-state index in [1.165, 1.54) is 25.8 Å². The molecule has 2 aromatic heterocycles. The van der Waals surface area contributed by atoms with Gasteiger partial charge in [-0.2, -0.15) is 0 Å². The van der Waals surface area contributed by atoms with Crippen LogP contribution in [-0.4, -0.2) is 91.1 Å². The lowest BCUT2D eigenvalue weighted by Gasteiger charge is -2.27. The van der Waals surface area contributed by atoms with Gasteiger partial charge in [-0.15, -0.1) is 0 Å². The van der Waals surface area contributed by atoms with Crippen molar-refractivity contribution in [2.24, 2.45) is 0 Å². The zero-order valence-electron chi connectivity index (χ0n) is 22.1. The molecule has 0 fully saturated rings. The van der Waals surface area contributed by atoms with E-state index in [-0.39, 0.29) is 18.0 Å². The fourth-order valence-corrected chi connectivity index (χ4v) is 4.37. The molecular weight excluding hydrogens is 493 g/mol. The van der Waals surface area contributed by atoms with Crippen LogP contribution in [0.15, 0.2) is 30.3 Å². The Kier molecular flexibility index (Phi) is 11.7. The highest BCUT2D eigenvalue weighted by Gasteiger charge is 2.23. The van der Waals surface area contributed by atoms with Crippen molar-refractivity contribution in [3.8, 4) is 5.88 Å². The highest BCUT2D eigenvalue weighted by molar-refractivity contribution is 5.95. The minimum absolute atomic E-state index is 0.0651. The van der Waals surface area contributed by atoms with Gasteiger partial charge in [0.2, 0.25) is 5.88 Å². The van der Waals surface area contributed by atoms with Gasteiger partial charge in [0.1, 0.15) is 24.2 Å². The number of carboxylic acids is 1. The Labute approximate surface area is 222 Å². The molecule has 0 aromatic carbocycles. The number of aryl methyl sites for hydroxylation is 2. The second kappa shape index (κ2) is 15.2. The number of rotatable bonds is 16. The van der Waals surface area contributed by atoms with Crippen LogP contribution in [0.5, 0.6) is 5.88 Å². The molecule has 1 aliphatic heterocycles.